The molecule has 0 spiro atoms. The van der Waals surface area contributed by atoms with Crippen LogP contribution in [0.15, 0.2) is 53.3 Å². The SMILES string of the molecule is CC([As]C1CCn2c1nc1cc(F)ccc1c2=O)c1ccccc1. The Morgan fingerprint density at radius 3 is 2.83 bits per heavy atom. The summed E-state index contributed by atoms with van der Waals surface area (Å²) in [5, 5.41) is 0.508. The molecule has 0 aliphatic carbocycles. The topological polar surface area (TPSA) is 34.9 Å². The molecule has 2 aromatic carbocycles. The molecule has 0 N–H and O–H groups in total. The van der Waals surface area contributed by atoms with Gasteiger partial charge in [-0.2, -0.15) is 0 Å². The Balaban J connectivity index is 1.71. The Morgan fingerprint density at radius 2 is 2.04 bits per heavy atom. The van der Waals surface area contributed by atoms with Crippen molar-refractivity contribution in [1.82, 2.24) is 9.55 Å². The molecule has 1 aliphatic rings. The van der Waals surface area contributed by atoms with E-state index in [1.54, 1.807) is 10.6 Å². The summed E-state index contributed by atoms with van der Waals surface area (Å²) >= 11 is -0.0333. The number of nitrogens with zero attached hydrogens (tertiary/aromatic N) is 2. The van der Waals surface area contributed by atoms with Gasteiger partial charge in [0.25, 0.3) is 0 Å². The summed E-state index contributed by atoms with van der Waals surface area (Å²) in [5.74, 6) is 0.501. The zero-order valence-electron chi connectivity index (χ0n) is 13.3. The van der Waals surface area contributed by atoms with Gasteiger partial charge < -0.3 is 0 Å². The van der Waals surface area contributed by atoms with Crippen molar-refractivity contribution in [1.29, 1.82) is 0 Å². The first-order valence-corrected chi connectivity index (χ1v) is 10.2. The Hall–Kier alpha value is -1.93. The van der Waals surface area contributed by atoms with Crippen molar-refractivity contribution < 1.29 is 4.39 Å². The van der Waals surface area contributed by atoms with Crippen molar-refractivity contribution >= 4 is 26.7 Å². The maximum atomic E-state index is 13.5. The molecule has 0 fully saturated rings. The van der Waals surface area contributed by atoms with E-state index in [0.29, 0.717) is 20.3 Å². The predicted octanol–water partition coefficient (Wildman–Crippen LogP) is 3.45. The van der Waals surface area contributed by atoms with E-state index < -0.39 is 0 Å². The second kappa shape index (κ2) is 6.18. The number of fused-ring (bicyclic) bond motifs is 2. The third-order valence-electron chi connectivity index (χ3n) is 4.56. The van der Waals surface area contributed by atoms with E-state index >= 15 is 0 Å². The second-order valence-corrected chi connectivity index (χ2v) is 9.69. The maximum absolute atomic E-state index is 13.5. The van der Waals surface area contributed by atoms with Gasteiger partial charge in [-0.05, 0) is 0 Å². The third-order valence-corrected chi connectivity index (χ3v) is 7.90. The first kappa shape index (κ1) is 15.6. The van der Waals surface area contributed by atoms with Gasteiger partial charge in [0.05, 0.1) is 0 Å². The van der Waals surface area contributed by atoms with E-state index in [4.69, 9.17) is 0 Å². The van der Waals surface area contributed by atoms with Crippen LogP contribution >= 0.6 is 0 Å². The van der Waals surface area contributed by atoms with Gasteiger partial charge in [-0.1, -0.05) is 0 Å². The fourth-order valence-corrected chi connectivity index (χ4v) is 6.39. The standard InChI is InChI=1S/C19H17AsFN2O/c1-12(13-5-3-2-4-6-13)20-16-9-10-23-18(16)22-17-11-14(21)7-8-15(17)19(23)24/h2-8,11-12,16H,9-10H2,1H3. The van der Waals surface area contributed by atoms with Crippen molar-refractivity contribution in [3.05, 3.63) is 76.1 Å². The third kappa shape index (κ3) is 2.69. The fourth-order valence-electron chi connectivity index (χ4n) is 3.29. The van der Waals surface area contributed by atoms with E-state index in [2.05, 4.69) is 36.2 Å². The van der Waals surface area contributed by atoms with Crippen LogP contribution in [-0.4, -0.2) is 25.3 Å². The van der Waals surface area contributed by atoms with E-state index in [1.165, 1.54) is 17.7 Å². The zero-order chi connectivity index (χ0) is 16.7. The molecule has 2 unspecified atom stereocenters. The summed E-state index contributed by atoms with van der Waals surface area (Å²) < 4.78 is 16.1. The molecule has 2 atom stereocenters. The van der Waals surface area contributed by atoms with Crippen LogP contribution in [0.2, 0.25) is 0 Å². The van der Waals surface area contributed by atoms with Crippen LogP contribution in [0.1, 0.15) is 34.1 Å². The monoisotopic (exact) mass is 383 g/mol. The van der Waals surface area contributed by atoms with Crippen molar-refractivity contribution in [3.8, 4) is 0 Å². The number of hydrogen-bond acceptors (Lipinski definition) is 2. The summed E-state index contributed by atoms with van der Waals surface area (Å²) in [6, 6.07) is 14.7. The van der Waals surface area contributed by atoms with Gasteiger partial charge in [0.1, 0.15) is 0 Å². The Bertz CT molecular complexity index is 955. The molecule has 0 bridgehead atoms. The van der Waals surface area contributed by atoms with Crippen molar-refractivity contribution in [2.45, 2.75) is 29.3 Å². The molecule has 1 aromatic heterocycles. The molecule has 5 heteroatoms. The van der Waals surface area contributed by atoms with Crippen molar-refractivity contribution in [2.75, 3.05) is 0 Å². The summed E-state index contributed by atoms with van der Waals surface area (Å²) in [5.41, 5.74) is 1.78. The molecule has 1 aliphatic heterocycles. The molecule has 0 amide bonds. The van der Waals surface area contributed by atoms with Crippen LogP contribution < -0.4 is 5.56 Å². The normalized spacial score (nSPS) is 18.3. The first-order valence-electron chi connectivity index (χ1n) is 8.08. The van der Waals surface area contributed by atoms with E-state index in [0.717, 1.165) is 18.8 Å². The Labute approximate surface area is 146 Å². The molecular weight excluding hydrogens is 366 g/mol. The predicted molar refractivity (Wildman–Crippen MR) is 93.9 cm³/mol. The molecule has 24 heavy (non-hydrogen) atoms. The van der Waals surface area contributed by atoms with Crippen molar-refractivity contribution in [3.63, 3.8) is 0 Å². The fraction of sp³-hybridized carbons (Fsp3) is 0.263. The quantitative estimate of drug-likeness (QED) is 0.650. The molecule has 0 saturated heterocycles. The van der Waals surface area contributed by atoms with E-state index in [1.807, 2.05) is 6.07 Å². The molecule has 3 nitrogen and oxygen atoms in total. The molecule has 4 rings (SSSR count). The van der Waals surface area contributed by atoms with Crippen LogP contribution in [0, 0.1) is 5.82 Å². The molecule has 2 heterocycles. The minimum absolute atomic E-state index is 0.0333. The summed E-state index contributed by atoms with van der Waals surface area (Å²) in [6.07, 6.45) is 0.957. The number of halogens is 1. The minimum atomic E-state index is -0.347. The van der Waals surface area contributed by atoms with Gasteiger partial charge in [-0.25, -0.2) is 0 Å². The number of hydrogen-bond donors (Lipinski definition) is 0. The molecule has 1 radical (unpaired) electrons. The van der Waals surface area contributed by atoms with Gasteiger partial charge >= 0.3 is 146 Å². The van der Waals surface area contributed by atoms with Crippen LogP contribution in [0.5, 0.6) is 0 Å². The average molecular weight is 383 g/mol. The summed E-state index contributed by atoms with van der Waals surface area (Å²) in [7, 11) is 0. The summed E-state index contributed by atoms with van der Waals surface area (Å²) in [6.45, 7) is 2.97. The first-order chi connectivity index (χ1) is 11.6. The average Bonchev–Trinajstić information content (AvgIpc) is 2.98. The molecule has 0 saturated carbocycles. The Kier molecular flexibility index (Phi) is 4.01. The number of rotatable bonds is 3. The van der Waals surface area contributed by atoms with Crippen LogP contribution in [0.25, 0.3) is 10.9 Å². The second-order valence-electron chi connectivity index (χ2n) is 6.13. The Morgan fingerprint density at radius 1 is 1.25 bits per heavy atom. The van der Waals surface area contributed by atoms with Gasteiger partial charge in [0.2, 0.25) is 0 Å². The van der Waals surface area contributed by atoms with Crippen molar-refractivity contribution in [2.24, 2.45) is 0 Å². The summed E-state index contributed by atoms with van der Waals surface area (Å²) in [4.78, 5) is 17.3. The van der Waals surface area contributed by atoms with Gasteiger partial charge in [0.15, 0.2) is 0 Å². The van der Waals surface area contributed by atoms with E-state index in [-0.39, 0.29) is 27.1 Å². The van der Waals surface area contributed by atoms with E-state index in [9.17, 15) is 9.18 Å². The number of aromatic nitrogens is 2. The van der Waals surface area contributed by atoms with Gasteiger partial charge in [-0.15, -0.1) is 0 Å². The van der Waals surface area contributed by atoms with Crippen LogP contribution in [0.4, 0.5) is 4.39 Å². The van der Waals surface area contributed by atoms with Crippen LogP contribution in [-0.2, 0) is 6.54 Å². The molecule has 3 aromatic rings. The number of benzene rings is 2. The van der Waals surface area contributed by atoms with Gasteiger partial charge in [-0.3, -0.25) is 0 Å². The molecular formula is C19H17AsFN2O. The van der Waals surface area contributed by atoms with Gasteiger partial charge in [0, 0.05) is 0 Å². The molecule has 121 valence electrons. The van der Waals surface area contributed by atoms with Crippen LogP contribution in [0.3, 0.4) is 0 Å². The zero-order valence-corrected chi connectivity index (χ0v) is 15.2.